The van der Waals surface area contributed by atoms with E-state index in [-0.39, 0.29) is 11.8 Å². The summed E-state index contributed by atoms with van der Waals surface area (Å²) in [6.45, 7) is 2.00. The molecule has 0 aliphatic heterocycles. The number of aromatic hydroxyl groups is 1. The molecule has 0 bridgehead atoms. The summed E-state index contributed by atoms with van der Waals surface area (Å²) in [5.41, 5.74) is 1.75. The molecular formula is C15H15Br2NO2. The number of nitrogens with one attached hydrogen (secondary N) is 1. The first-order valence-electron chi connectivity index (χ1n) is 6.10. The second kappa shape index (κ2) is 6.50. The van der Waals surface area contributed by atoms with Gasteiger partial charge in [0.15, 0.2) is 0 Å². The number of hydrogen-bond donors (Lipinski definition) is 2. The summed E-state index contributed by atoms with van der Waals surface area (Å²) in [6, 6.07) is 11.1. The molecule has 0 heterocycles. The maximum atomic E-state index is 9.89. The summed E-state index contributed by atoms with van der Waals surface area (Å²) in [5.74, 6) is 1.04. The van der Waals surface area contributed by atoms with Gasteiger partial charge in [-0.2, -0.15) is 0 Å². The van der Waals surface area contributed by atoms with Crippen LogP contribution in [-0.2, 0) is 0 Å². The Balaban J connectivity index is 2.28. The first-order valence-corrected chi connectivity index (χ1v) is 7.69. The number of ether oxygens (including phenoxy) is 1. The molecule has 0 radical (unpaired) electrons. The Morgan fingerprint density at radius 3 is 2.50 bits per heavy atom. The highest BCUT2D eigenvalue weighted by molar-refractivity contribution is 9.11. The quantitative estimate of drug-likeness (QED) is 0.750. The standard InChI is InChI=1S/C15H15Br2NO2/c1-9(10-5-3-4-6-14(10)19)18-13-8-15(20-2)12(17)7-11(13)16/h3-9,18-19H,1-2H3. The van der Waals surface area contributed by atoms with E-state index in [4.69, 9.17) is 4.74 Å². The maximum absolute atomic E-state index is 9.89. The third-order valence-corrected chi connectivity index (χ3v) is 4.29. The zero-order chi connectivity index (χ0) is 14.7. The van der Waals surface area contributed by atoms with Crippen LogP contribution in [0.1, 0.15) is 18.5 Å². The number of hydrogen-bond acceptors (Lipinski definition) is 3. The van der Waals surface area contributed by atoms with Crippen molar-refractivity contribution in [3.8, 4) is 11.5 Å². The van der Waals surface area contributed by atoms with Crippen LogP contribution in [-0.4, -0.2) is 12.2 Å². The fourth-order valence-corrected chi connectivity index (χ4v) is 3.23. The Labute approximate surface area is 135 Å². The minimum absolute atomic E-state index is 0.0293. The number of halogens is 2. The lowest BCUT2D eigenvalue weighted by Gasteiger charge is -2.19. The molecule has 2 aromatic carbocycles. The molecule has 20 heavy (non-hydrogen) atoms. The van der Waals surface area contributed by atoms with E-state index in [1.165, 1.54) is 0 Å². The van der Waals surface area contributed by atoms with Gasteiger partial charge in [-0.3, -0.25) is 0 Å². The van der Waals surface area contributed by atoms with Crippen molar-refractivity contribution in [3.05, 3.63) is 50.9 Å². The van der Waals surface area contributed by atoms with E-state index >= 15 is 0 Å². The molecule has 0 aliphatic rings. The van der Waals surface area contributed by atoms with Gasteiger partial charge in [0.1, 0.15) is 11.5 Å². The van der Waals surface area contributed by atoms with Gasteiger partial charge in [0.2, 0.25) is 0 Å². The lowest BCUT2D eigenvalue weighted by Crippen LogP contribution is -2.07. The van der Waals surface area contributed by atoms with Crippen LogP contribution >= 0.6 is 31.9 Å². The fraction of sp³-hybridized carbons (Fsp3) is 0.200. The SMILES string of the molecule is COc1cc(NC(C)c2ccccc2O)c(Br)cc1Br. The summed E-state index contributed by atoms with van der Waals surface area (Å²) >= 11 is 6.96. The van der Waals surface area contributed by atoms with E-state index in [0.29, 0.717) is 0 Å². The van der Waals surface area contributed by atoms with Gasteiger partial charge in [-0.05, 0) is 50.9 Å². The van der Waals surface area contributed by atoms with Gasteiger partial charge in [-0.15, -0.1) is 0 Å². The molecule has 1 unspecified atom stereocenters. The molecule has 106 valence electrons. The highest BCUT2D eigenvalue weighted by Gasteiger charge is 2.13. The van der Waals surface area contributed by atoms with Crippen molar-refractivity contribution in [1.29, 1.82) is 0 Å². The Hall–Kier alpha value is -1.20. The van der Waals surface area contributed by atoms with E-state index in [1.807, 2.05) is 37.3 Å². The smallest absolute Gasteiger partial charge is 0.135 e. The van der Waals surface area contributed by atoms with E-state index in [0.717, 1.165) is 25.9 Å². The molecule has 0 amide bonds. The molecule has 0 saturated carbocycles. The van der Waals surface area contributed by atoms with Crippen molar-refractivity contribution in [2.24, 2.45) is 0 Å². The number of anilines is 1. The third kappa shape index (κ3) is 3.27. The second-order valence-electron chi connectivity index (χ2n) is 4.39. The molecular weight excluding hydrogens is 386 g/mol. The molecule has 0 spiro atoms. The monoisotopic (exact) mass is 399 g/mol. The molecule has 1 atom stereocenters. The third-order valence-electron chi connectivity index (χ3n) is 3.02. The van der Waals surface area contributed by atoms with Crippen molar-refractivity contribution in [2.75, 3.05) is 12.4 Å². The largest absolute Gasteiger partial charge is 0.508 e. The molecule has 2 N–H and O–H groups in total. The van der Waals surface area contributed by atoms with Gasteiger partial charge in [0.05, 0.1) is 23.3 Å². The number of phenols is 1. The second-order valence-corrected chi connectivity index (χ2v) is 6.10. The topological polar surface area (TPSA) is 41.5 Å². The van der Waals surface area contributed by atoms with Crippen molar-refractivity contribution in [1.82, 2.24) is 0 Å². The van der Waals surface area contributed by atoms with E-state index < -0.39 is 0 Å². The summed E-state index contributed by atoms with van der Waals surface area (Å²) in [6.07, 6.45) is 0. The summed E-state index contributed by atoms with van der Waals surface area (Å²) < 4.78 is 7.10. The van der Waals surface area contributed by atoms with Crippen LogP contribution < -0.4 is 10.1 Å². The van der Waals surface area contributed by atoms with Crippen molar-refractivity contribution >= 4 is 37.5 Å². The zero-order valence-electron chi connectivity index (χ0n) is 11.2. The van der Waals surface area contributed by atoms with Gasteiger partial charge in [-0.25, -0.2) is 0 Å². The predicted molar refractivity (Wildman–Crippen MR) is 88.5 cm³/mol. The normalized spacial score (nSPS) is 12.0. The Bertz CT molecular complexity index is 617. The first-order chi connectivity index (χ1) is 9.52. The van der Waals surface area contributed by atoms with Gasteiger partial charge < -0.3 is 15.2 Å². The van der Waals surface area contributed by atoms with Gasteiger partial charge >= 0.3 is 0 Å². The van der Waals surface area contributed by atoms with Crippen LogP contribution in [0.3, 0.4) is 0 Å². The van der Waals surface area contributed by atoms with Crippen LogP contribution in [0.15, 0.2) is 45.3 Å². The van der Waals surface area contributed by atoms with Crippen LogP contribution in [0, 0.1) is 0 Å². The number of benzene rings is 2. The highest BCUT2D eigenvalue weighted by atomic mass is 79.9. The van der Waals surface area contributed by atoms with Gasteiger partial charge in [0.25, 0.3) is 0 Å². The molecule has 0 saturated heterocycles. The minimum Gasteiger partial charge on any atom is -0.508 e. The predicted octanol–water partition coefficient (Wildman–Crippen LogP) is 5.10. The van der Waals surface area contributed by atoms with Crippen LogP contribution in [0.2, 0.25) is 0 Å². The molecule has 2 rings (SSSR count). The molecule has 0 fully saturated rings. The van der Waals surface area contributed by atoms with E-state index in [9.17, 15) is 5.11 Å². The summed E-state index contributed by atoms with van der Waals surface area (Å²) in [4.78, 5) is 0. The van der Waals surface area contributed by atoms with E-state index in [1.54, 1.807) is 13.2 Å². The Morgan fingerprint density at radius 2 is 1.85 bits per heavy atom. The molecule has 5 heteroatoms. The minimum atomic E-state index is -0.0293. The van der Waals surface area contributed by atoms with E-state index in [2.05, 4.69) is 37.2 Å². The van der Waals surface area contributed by atoms with Crippen LogP contribution in [0.5, 0.6) is 11.5 Å². The number of rotatable bonds is 4. The Morgan fingerprint density at radius 1 is 1.15 bits per heavy atom. The fourth-order valence-electron chi connectivity index (χ4n) is 1.96. The van der Waals surface area contributed by atoms with Crippen LogP contribution in [0.4, 0.5) is 5.69 Å². The van der Waals surface area contributed by atoms with Crippen molar-refractivity contribution in [3.63, 3.8) is 0 Å². The summed E-state index contributed by atoms with van der Waals surface area (Å²) in [7, 11) is 1.63. The number of para-hydroxylation sites is 1. The zero-order valence-corrected chi connectivity index (χ0v) is 14.3. The van der Waals surface area contributed by atoms with Gasteiger partial charge in [0, 0.05) is 16.1 Å². The average Bonchev–Trinajstić information content (AvgIpc) is 2.42. The van der Waals surface area contributed by atoms with Crippen molar-refractivity contribution in [2.45, 2.75) is 13.0 Å². The molecule has 0 aromatic heterocycles. The highest BCUT2D eigenvalue weighted by Crippen LogP contribution is 2.36. The molecule has 0 aliphatic carbocycles. The first kappa shape index (κ1) is 15.2. The number of methoxy groups -OCH3 is 1. The summed E-state index contributed by atoms with van der Waals surface area (Å²) in [5, 5.41) is 13.3. The van der Waals surface area contributed by atoms with Gasteiger partial charge in [-0.1, -0.05) is 18.2 Å². The maximum Gasteiger partial charge on any atom is 0.135 e. The molecule has 2 aromatic rings. The lowest BCUT2D eigenvalue weighted by molar-refractivity contribution is 0.412. The molecule has 3 nitrogen and oxygen atoms in total. The Kier molecular flexibility index (Phi) is 4.94. The average molecular weight is 401 g/mol. The van der Waals surface area contributed by atoms with Crippen molar-refractivity contribution < 1.29 is 9.84 Å². The number of phenolic OH excluding ortho intramolecular Hbond substituents is 1. The lowest BCUT2D eigenvalue weighted by atomic mass is 10.1. The van der Waals surface area contributed by atoms with Crippen LogP contribution in [0.25, 0.3) is 0 Å².